The maximum absolute atomic E-state index is 12.4. The first-order valence-corrected chi connectivity index (χ1v) is 8.13. The molecule has 0 radical (unpaired) electrons. The molecule has 7 nitrogen and oxygen atoms in total. The number of rotatable bonds is 4. The van der Waals surface area contributed by atoms with Crippen LogP contribution in [0.3, 0.4) is 0 Å². The number of carbonyl (C=O) groups is 1. The third-order valence-corrected chi connectivity index (χ3v) is 5.56. The minimum absolute atomic E-state index is 0.131. The highest BCUT2D eigenvalue weighted by molar-refractivity contribution is 7.89. The van der Waals surface area contributed by atoms with E-state index < -0.39 is 10.0 Å². The fourth-order valence-electron chi connectivity index (χ4n) is 2.71. The number of hydrogen-bond donors (Lipinski definition) is 3. The van der Waals surface area contributed by atoms with Crippen LogP contribution in [-0.2, 0) is 14.8 Å². The molecule has 0 aromatic carbocycles. The van der Waals surface area contributed by atoms with Crippen LogP contribution in [-0.4, -0.2) is 30.6 Å². The Morgan fingerprint density at radius 3 is 2.35 bits per heavy atom. The molecule has 4 N–H and O–H groups in total. The first kappa shape index (κ1) is 15.0. The summed E-state index contributed by atoms with van der Waals surface area (Å²) in [6, 6.07) is -0.149. The Balaban J connectivity index is 2.06. The van der Waals surface area contributed by atoms with Crippen LogP contribution in [0.1, 0.15) is 37.1 Å². The molecule has 2 rings (SSSR count). The van der Waals surface area contributed by atoms with Crippen LogP contribution < -0.4 is 10.5 Å². The Labute approximate surface area is 118 Å². The van der Waals surface area contributed by atoms with Crippen LogP contribution >= 0.6 is 0 Å². The van der Waals surface area contributed by atoms with Crippen molar-refractivity contribution in [1.82, 2.24) is 14.9 Å². The quantitative estimate of drug-likeness (QED) is 0.743. The van der Waals surface area contributed by atoms with Gasteiger partial charge in [0.25, 0.3) is 0 Å². The number of carbonyl (C=O) groups excluding carboxylic acids is 1. The van der Waals surface area contributed by atoms with E-state index in [2.05, 4.69) is 14.9 Å². The van der Waals surface area contributed by atoms with Gasteiger partial charge in [-0.3, -0.25) is 9.89 Å². The molecule has 1 aromatic rings. The van der Waals surface area contributed by atoms with Gasteiger partial charge in [-0.05, 0) is 39.5 Å². The Bertz CT molecular complexity index is 581. The monoisotopic (exact) mass is 300 g/mol. The van der Waals surface area contributed by atoms with Crippen molar-refractivity contribution in [3.8, 4) is 0 Å². The van der Waals surface area contributed by atoms with Gasteiger partial charge >= 0.3 is 0 Å². The molecule has 0 unspecified atom stereocenters. The molecule has 0 saturated heterocycles. The summed E-state index contributed by atoms with van der Waals surface area (Å²) in [5, 5.41) is 6.58. The van der Waals surface area contributed by atoms with Gasteiger partial charge in [-0.15, -0.1) is 0 Å². The number of nitrogens with two attached hydrogens (primary N) is 1. The maximum Gasteiger partial charge on any atom is 0.244 e. The number of H-pyrrole nitrogens is 1. The lowest BCUT2D eigenvalue weighted by Crippen LogP contribution is -2.40. The molecule has 1 fully saturated rings. The third-order valence-electron chi connectivity index (χ3n) is 3.78. The maximum atomic E-state index is 12.4. The fourth-order valence-corrected chi connectivity index (χ4v) is 4.39. The Morgan fingerprint density at radius 1 is 1.30 bits per heavy atom. The van der Waals surface area contributed by atoms with Crippen molar-refractivity contribution in [2.75, 3.05) is 0 Å². The Hall–Kier alpha value is -1.41. The molecule has 8 heteroatoms. The largest absolute Gasteiger partial charge is 0.369 e. The average molecular weight is 300 g/mol. The van der Waals surface area contributed by atoms with Gasteiger partial charge in [-0.2, -0.15) is 5.10 Å². The van der Waals surface area contributed by atoms with Crippen molar-refractivity contribution in [2.45, 2.75) is 50.5 Å². The van der Waals surface area contributed by atoms with Crippen LogP contribution in [0, 0.1) is 19.8 Å². The van der Waals surface area contributed by atoms with E-state index in [1.807, 2.05) is 0 Å². The number of hydrogen-bond acceptors (Lipinski definition) is 4. The summed E-state index contributed by atoms with van der Waals surface area (Å²) in [6.45, 7) is 3.33. The first-order chi connectivity index (χ1) is 9.31. The highest BCUT2D eigenvalue weighted by atomic mass is 32.2. The molecular formula is C12H20N4O3S. The van der Waals surface area contributed by atoms with Crippen LogP contribution in [0.2, 0.25) is 0 Å². The van der Waals surface area contributed by atoms with Crippen molar-refractivity contribution in [2.24, 2.45) is 11.7 Å². The van der Waals surface area contributed by atoms with Gasteiger partial charge < -0.3 is 5.73 Å². The van der Waals surface area contributed by atoms with E-state index in [1.54, 1.807) is 13.8 Å². The van der Waals surface area contributed by atoms with Gasteiger partial charge in [0.2, 0.25) is 15.9 Å². The van der Waals surface area contributed by atoms with Crippen LogP contribution in [0.15, 0.2) is 4.90 Å². The Morgan fingerprint density at radius 2 is 1.90 bits per heavy atom. The number of nitrogens with zero attached hydrogens (tertiary/aromatic N) is 1. The summed E-state index contributed by atoms with van der Waals surface area (Å²) < 4.78 is 27.4. The molecular weight excluding hydrogens is 280 g/mol. The van der Waals surface area contributed by atoms with E-state index >= 15 is 0 Å². The average Bonchev–Trinajstić information content (AvgIpc) is 2.69. The zero-order valence-electron chi connectivity index (χ0n) is 11.6. The minimum Gasteiger partial charge on any atom is -0.369 e. The lowest BCUT2D eigenvalue weighted by Gasteiger charge is -2.27. The number of nitrogens with one attached hydrogen (secondary N) is 2. The molecule has 0 spiro atoms. The normalized spacial score (nSPS) is 23.7. The molecule has 1 aromatic heterocycles. The highest BCUT2D eigenvalue weighted by Crippen LogP contribution is 2.26. The summed E-state index contributed by atoms with van der Waals surface area (Å²) in [6.07, 6.45) is 2.52. The molecule has 1 amide bonds. The second-order valence-corrected chi connectivity index (χ2v) is 6.99. The number of amides is 1. The second kappa shape index (κ2) is 5.53. The van der Waals surface area contributed by atoms with Crippen molar-refractivity contribution in [3.05, 3.63) is 11.4 Å². The molecule has 0 atom stereocenters. The SMILES string of the molecule is Cc1n[nH]c(C)c1S(=O)(=O)NC1CCC(C(N)=O)CC1. The van der Waals surface area contributed by atoms with E-state index in [1.165, 1.54) is 0 Å². The number of sulfonamides is 1. The van der Waals surface area contributed by atoms with Gasteiger partial charge in [0.15, 0.2) is 0 Å². The van der Waals surface area contributed by atoms with Gasteiger partial charge in [0.05, 0.1) is 11.4 Å². The van der Waals surface area contributed by atoms with Crippen molar-refractivity contribution < 1.29 is 13.2 Å². The summed E-state index contributed by atoms with van der Waals surface area (Å²) in [4.78, 5) is 11.3. The molecule has 0 aliphatic heterocycles. The fraction of sp³-hybridized carbons (Fsp3) is 0.667. The predicted octanol–water partition coefficient (Wildman–Crippen LogP) is 0.349. The van der Waals surface area contributed by atoms with E-state index in [0.717, 1.165) is 0 Å². The zero-order chi connectivity index (χ0) is 14.9. The first-order valence-electron chi connectivity index (χ1n) is 6.64. The second-order valence-electron chi connectivity index (χ2n) is 5.34. The van der Waals surface area contributed by atoms with Gasteiger partial charge in [-0.1, -0.05) is 0 Å². The number of aromatic amines is 1. The molecule has 112 valence electrons. The summed E-state index contributed by atoms with van der Waals surface area (Å²) >= 11 is 0. The number of primary amides is 1. The van der Waals surface area contributed by atoms with Gasteiger partial charge in [-0.25, -0.2) is 13.1 Å². The summed E-state index contributed by atoms with van der Waals surface area (Å²) in [7, 11) is -3.58. The molecule has 0 bridgehead atoms. The number of aryl methyl sites for hydroxylation is 2. The van der Waals surface area contributed by atoms with Crippen molar-refractivity contribution >= 4 is 15.9 Å². The number of aromatic nitrogens is 2. The summed E-state index contributed by atoms with van der Waals surface area (Å²) in [5.41, 5.74) is 6.25. The Kier molecular flexibility index (Phi) is 4.14. The third kappa shape index (κ3) is 3.01. The van der Waals surface area contributed by atoms with E-state index in [9.17, 15) is 13.2 Å². The van der Waals surface area contributed by atoms with Gasteiger partial charge in [0, 0.05) is 12.0 Å². The van der Waals surface area contributed by atoms with Crippen molar-refractivity contribution in [3.63, 3.8) is 0 Å². The predicted molar refractivity (Wildman–Crippen MR) is 73.3 cm³/mol. The van der Waals surface area contributed by atoms with Crippen LogP contribution in [0.4, 0.5) is 0 Å². The van der Waals surface area contributed by atoms with Crippen molar-refractivity contribution in [1.29, 1.82) is 0 Å². The van der Waals surface area contributed by atoms with Gasteiger partial charge in [0.1, 0.15) is 4.90 Å². The van der Waals surface area contributed by atoms with Crippen LogP contribution in [0.25, 0.3) is 0 Å². The standard InChI is InChI=1S/C12H20N4O3S/c1-7-11(8(2)15-14-7)20(18,19)16-10-5-3-9(4-6-10)12(13)17/h9-10,16H,3-6H2,1-2H3,(H2,13,17)(H,14,15). The molecule has 1 heterocycles. The van der Waals surface area contributed by atoms with E-state index in [-0.39, 0.29) is 22.8 Å². The van der Waals surface area contributed by atoms with E-state index in [0.29, 0.717) is 37.1 Å². The van der Waals surface area contributed by atoms with Crippen LogP contribution in [0.5, 0.6) is 0 Å². The smallest absolute Gasteiger partial charge is 0.244 e. The lowest BCUT2D eigenvalue weighted by molar-refractivity contribution is -0.122. The minimum atomic E-state index is -3.58. The zero-order valence-corrected chi connectivity index (χ0v) is 12.5. The molecule has 1 saturated carbocycles. The highest BCUT2D eigenvalue weighted by Gasteiger charge is 2.30. The molecule has 1 aliphatic carbocycles. The lowest BCUT2D eigenvalue weighted by atomic mass is 9.86. The summed E-state index contributed by atoms with van der Waals surface area (Å²) in [5.74, 6) is -0.430. The molecule has 1 aliphatic rings. The molecule has 20 heavy (non-hydrogen) atoms. The van der Waals surface area contributed by atoms with E-state index in [4.69, 9.17) is 5.73 Å². The topological polar surface area (TPSA) is 118 Å².